The molecule has 3 heterocycles. The molecule has 3 aliphatic rings. The zero-order chi connectivity index (χ0) is 49.0. The van der Waals surface area contributed by atoms with E-state index >= 15 is 0 Å². The predicted molar refractivity (Wildman–Crippen MR) is 256 cm³/mol. The van der Waals surface area contributed by atoms with Gasteiger partial charge in [-0.25, -0.2) is 28.7 Å². The molecule has 364 valence electrons. The van der Waals surface area contributed by atoms with Crippen LogP contribution in [0.2, 0.25) is 5.15 Å². The fraction of sp³-hybridized carbons (Fsp3) is 0.327. The molecule has 1 N–H and O–H groups in total. The second-order valence-corrected chi connectivity index (χ2v) is 16.2. The molecule has 1 aliphatic heterocycles. The van der Waals surface area contributed by atoms with E-state index in [4.69, 9.17) is 78.4 Å². The fourth-order valence-electron chi connectivity index (χ4n) is 6.92. The van der Waals surface area contributed by atoms with E-state index in [1.807, 2.05) is 26.0 Å². The first-order valence-corrected chi connectivity index (χ1v) is 22.7. The van der Waals surface area contributed by atoms with E-state index in [0.29, 0.717) is 81.6 Å². The van der Waals surface area contributed by atoms with Crippen molar-refractivity contribution in [3.8, 4) is 40.4 Å². The summed E-state index contributed by atoms with van der Waals surface area (Å²) in [6.45, 7) is 6.75. The van der Waals surface area contributed by atoms with Crippen LogP contribution in [0.1, 0.15) is 63.2 Å². The molecule has 0 amide bonds. The monoisotopic (exact) mass is 1260 g/mol. The molecule has 1 fully saturated rings. The van der Waals surface area contributed by atoms with Gasteiger partial charge in [0.25, 0.3) is 6.47 Å². The van der Waals surface area contributed by atoms with Crippen molar-refractivity contribution in [1.82, 2.24) is 19.9 Å². The third-order valence-electron chi connectivity index (χ3n) is 10.1. The number of benzene rings is 4. The molecule has 21 heteroatoms. The number of carbonyl (C=O) groups is 1. The number of ether oxygens (including phenoxy) is 6. The van der Waals surface area contributed by atoms with Gasteiger partial charge in [0.1, 0.15) is 17.8 Å². The topological polar surface area (TPSA) is 177 Å². The summed E-state index contributed by atoms with van der Waals surface area (Å²) in [5, 5.41) is 19.2. The first-order chi connectivity index (χ1) is 33.0. The van der Waals surface area contributed by atoms with Gasteiger partial charge in [0.05, 0.1) is 43.9 Å². The molecule has 1 saturated heterocycles. The first-order valence-electron chi connectivity index (χ1n) is 21.3. The molecular formula is C49H51Cl3Cs2F2N4O10. The van der Waals surface area contributed by atoms with Crippen LogP contribution < -0.4 is 167 Å². The summed E-state index contributed by atoms with van der Waals surface area (Å²) < 4.78 is 61.0. The van der Waals surface area contributed by atoms with Crippen LogP contribution in [0.4, 0.5) is 8.78 Å². The van der Waals surface area contributed by atoms with Crippen LogP contribution in [-0.2, 0) is 27.3 Å². The molecule has 14 nitrogen and oxygen atoms in total. The number of rotatable bonds is 13. The number of aromatic nitrogens is 4. The van der Waals surface area contributed by atoms with Gasteiger partial charge in [-0.3, -0.25) is 4.79 Å². The van der Waals surface area contributed by atoms with Crippen LogP contribution in [0, 0.1) is 11.6 Å². The van der Waals surface area contributed by atoms with Crippen LogP contribution >= 0.6 is 34.8 Å². The number of fused-ring (bicyclic) bond motifs is 4. The minimum Gasteiger partial charge on any atom is -1.00 e. The van der Waals surface area contributed by atoms with Gasteiger partial charge in [0.15, 0.2) is 46.1 Å². The van der Waals surface area contributed by atoms with Crippen molar-refractivity contribution in [2.24, 2.45) is 0 Å². The number of hydrogen-bond donors (Lipinski definition) is 1. The third kappa shape index (κ3) is 18.2. The zero-order valence-corrected chi connectivity index (χ0v) is 54.6. The summed E-state index contributed by atoms with van der Waals surface area (Å²) >= 11 is 17.3. The Labute approximate surface area is 539 Å². The first kappa shape index (κ1) is 62.4. The fourth-order valence-corrected chi connectivity index (χ4v) is 7.33. The summed E-state index contributed by atoms with van der Waals surface area (Å²) in [5.41, 5.74) is 6.62. The Morgan fingerprint density at radius 3 is 1.73 bits per heavy atom. The number of halogens is 5. The van der Waals surface area contributed by atoms with Crippen molar-refractivity contribution >= 4 is 75.2 Å². The normalized spacial score (nSPS) is 12.4. The van der Waals surface area contributed by atoms with Crippen LogP contribution in [0.3, 0.4) is 0 Å². The number of carbonyl (C=O) groups excluding carboxylic acids is 1. The standard InChI is InChI=1S/C22H20ClFN2O3.C12H12Cl2N2O2.C10H9FO.C4H8O.CH2O3.2Cs.H/c1-13-8-14-4-5-18(21(24)15(14)9-13)29-22-16-10-19(27-2)20(28-7-3-6-23)11-17(16)25-12-26-22;1-17-10-5-8-9(15-7-16-12(8)14)6-11(10)18-4-2-3-13;1-6-4-7-2-3-9(12)10(11)8(7)5-6;1-2-4-5-3-1;2-1-4-3;;;/h4-5,9-12H,3,6-8H2,1-2H3;5-7H,2-4H2,1H3;2-3,5,12H,4H2,1H3;1-4H2;1,3H;;;/q;;;;;2*+1;-1/p-1. The van der Waals surface area contributed by atoms with Crippen LogP contribution in [0.15, 0.2) is 72.3 Å². The maximum atomic E-state index is 14.9. The van der Waals surface area contributed by atoms with Gasteiger partial charge in [-0.2, -0.15) is 0 Å². The number of hydrogen-bond acceptors (Lipinski definition) is 14. The quantitative estimate of drug-likeness (QED) is 0.0422. The molecule has 0 spiro atoms. The number of phenolic OH excluding ortho intramolecular Hbond substituents is 1. The van der Waals surface area contributed by atoms with Crippen molar-refractivity contribution in [3.63, 3.8) is 0 Å². The Bertz CT molecular complexity index is 2720. The Morgan fingerprint density at radius 2 is 1.23 bits per heavy atom. The summed E-state index contributed by atoms with van der Waals surface area (Å²) in [6.07, 6.45) is 12.0. The average molecular weight is 1270 g/mol. The van der Waals surface area contributed by atoms with E-state index in [2.05, 4.69) is 24.8 Å². The Kier molecular flexibility index (Phi) is 29.5. The average Bonchev–Trinajstić information content (AvgIpc) is 4.15. The Balaban J connectivity index is 0.000000351. The predicted octanol–water partition coefficient (Wildman–Crippen LogP) is 4.68. The Morgan fingerprint density at radius 1 is 0.729 bits per heavy atom. The van der Waals surface area contributed by atoms with Crippen LogP contribution in [0.5, 0.6) is 40.4 Å². The van der Waals surface area contributed by atoms with E-state index in [1.54, 1.807) is 56.7 Å². The van der Waals surface area contributed by atoms with E-state index in [1.165, 1.54) is 31.6 Å². The summed E-state index contributed by atoms with van der Waals surface area (Å²) in [7, 11) is 3.13. The molecule has 0 atom stereocenters. The molecular weight excluding hydrogens is 1210 g/mol. The van der Waals surface area contributed by atoms with Gasteiger partial charge < -0.3 is 45.1 Å². The summed E-state index contributed by atoms with van der Waals surface area (Å²) in [4.78, 5) is 27.8. The summed E-state index contributed by atoms with van der Waals surface area (Å²) in [5.74, 6) is 2.59. The minimum atomic E-state index is -0.496. The number of phenols is 1. The van der Waals surface area contributed by atoms with Gasteiger partial charge in [0, 0.05) is 53.6 Å². The largest absolute Gasteiger partial charge is 1.00 e. The van der Waals surface area contributed by atoms with Gasteiger partial charge in [-0.15, -0.1) is 23.2 Å². The number of aromatic hydroxyl groups is 1. The van der Waals surface area contributed by atoms with Crippen LogP contribution in [-0.4, -0.2) is 83.9 Å². The second kappa shape index (κ2) is 33.1. The minimum absolute atomic E-state index is 0. The summed E-state index contributed by atoms with van der Waals surface area (Å²) in [6, 6.07) is 13.7. The third-order valence-corrected chi connectivity index (χ3v) is 10.9. The SMILES string of the molecule is C1CCOC1.CC1=Cc2c(ccc(O)c2F)C1.COc1cc2c(Cl)ncnc2cc1OCCCCl.COc1cc2c(Oc3ccc4c(c3F)C=C(C)C4)ncnc2cc1OCCCCl.O=CO[O-].[Cs+].[Cs+].[H-]. The molecule has 0 saturated carbocycles. The van der Waals surface area contributed by atoms with Gasteiger partial charge in [0.2, 0.25) is 5.88 Å². The van der Waals surface area contributed by atoms with E-state index in [-0.39, 0.29) is 169 Å². The van der Waals surface area contributed by atoms with Gasteiger partial charge >= 0.3 is 138 Å². The second-order valence-electron chi connectivity index (χ2n) is 15.0. The molecule has 4 aromatic carbocycles. The molecule has 0 bridgehead atoms. The van der Waals surface area contributed by atoms with Crippen molar-refractivity contribution < 1.29 is 196 Å². The van der Waals surface area contributed by atoms with E-state index < -0.39 is 5.82 Å². The molecule has 6 aromatic rings. The zero-order valence-electron chi connectivity index (χ0n) is 40.8. The maximum absolute atomic E-state index is 14.9. The maximum Gasteiger partial charge on any atom is 1.00 e. The van der Waals surface area contributed by atoms with Crippen molar-refractivity contribution in [2.75, 3.05) is 52.4 Å². The number of methoxy groups -OCH3 is 2. The molecule has 70 heavy (non-hydrogen) atoms. The van der Waals surface area contributed by atoms with E-state index in [0.717, 1.165) is 65.7 Å². The Hall–Kier alpha value is -1.94. The molecule has 2 aliphatic carbocycles. The van der Waals surface area contributed by atoms with Crippen molar-refractivity contribution in [3.05, 3.63) is 111 Å². The van der Waals surface area contributed by atoms with Crippen molar-refractivity contribution in [2.45, 2.75) is 52.4 Å². The number of allylic oxidation sites excluding steroid dienone is 2. The van der Waals surface area contributed by atoms with Crippen LogP contribution in [0.25, 0.3) is 34.0 Å². The molecule has 9 rings (SSSR count). The van der Waals surface area contributed by atoms with Crippen molar-refractivity contribution in [1.29, 1.82) is 0 Å². The van der Waals surface area contributed by atoms with E-state index in [9.17, 15) is 8.78 Å². The number of alkyl halides is 2. The number of nitrogens with zero attached hydrogens (tertiary/aromatic N) is 4. The van der Waals surface area contributed by atoms with Gasteiger partial charge in [-0.1, -0.05) is 47.0 Å². The molecule has 2 aromatic heterocycles. The molecule has 0 unspecified atom stereocenters. The smallest absolute Gasteiger partial charge is 1.00 e. The van der Waals surface area contributed by atoms with Gasteiger partial charge in [-0.05, 0) is 87.8 Å². The molecule has 0 radical (unpaired) electrons.